The lowest BCUT2D eigenvalue weighted by Gasteiger charge is -2.06. The fourth-order valence-corrected chi connectivity index (χ4v) is 1.76. The van der Waals surface area contributed by atoms with Crippen LogP contribution >= 0.6 is 43.5 Å². The molecule has 2 aromatic rings. The van der Waals surface area contributed by atoms with E-state index >= 15 is 0 Å². The van der Waals surface area contributed by atoms with Crippen molar-refractivity contribution in [2.24, 2.45) is 0 Å². The van der Waals surface area contributed by atoms with E-state index in [4.69, 9.17) is 11.6 Å². The van der Waals surface area contributed by atoms with Crippen LogP contribution in [0.3, 0.4) is 0 Å². The molecule has 0 spiro atoms. The highest BCUT2D eigenvalue weighted by Gasteiger charge is 2.35. The number of hydrogen-bond donors (Lipinski definition) is 0. The van der Waals surface area contributed by atoms with Gasteiger partial charge in [0.2, 0.25) is 11.1 Å². The van der Waals surface area contributed by atoms with Gasteiger partial charge in [-0.05, 0) is 43.5 Å². The van der Waals surface area contributed by atoms with E-state index in [-0.39, 0.29) is 4.47 Å². The molecule has 4 nitrogen and oxygen atoms in total. The zero-order valence-corrected chi connectivity index (χ0v) is 14.4. The summed E-state index contributed by atoms with van der Waals surface area (Å²) in [4.78, 5) is 12.5. The fourth-order valence-electron chi connectivity index (χ4n) is 1.00. The lowest BCUT2D eigenvalue weighted by Crippen LogP contribution is -2.09. The average molecular weight is 488 g/mol. The number of alkyl halides is 6. The maximum Gasteiger partial charge on any atom is 0.451 e. The summed E-state index contributed by atoms with van der Waals surface area (Å²) in [6.45, 7) is 0. The fraction of sp³-hybridized carbons (Fsp3) is 0.200. The molecule has 0 aliphatic carbocycles. The van der Waals surface area contributed by atoms with Crippen LogP contribution in [0.15, 0.2) is 27.5 Å². The Morgan fingerprint density at radius 3 is 1.74 bits per heavy atom. The lowest BCUT2D eigenvalue weighted by atomic mass is 10.4. The van der Waals surface area contributed by atoms with E-state index in [1.807, 2.05) is 0 Å². The molecular formula is C10H3Br2ClF6N4. The largest absolute Gasteiger partial charge is 0.451 e. The number of aromatic nitrogens is 4. The minimum absolute atomic E-state index is 0.223. The first-order valence-corrected chi connectivity index (χ1v) is 7.17. The molecule has 0 aromatic carbocycles. The molecular weight excluding hydrogens is 485 g/mol. The van der Waals surface area contributed by atoms with Crippen LogP contribution in [-0.2, 0) is 12.4 Å². The summed E-state index contributed by atoms with van der Waals surface area (Å²) >= 11 is 10.8. The van der Waals surface area contributed by atoms with Crippen LogP contribution < -0.4 is 0 Å². The van der Waals surface area contributed by atoms with Crippen molar-refractivity contribution < 1.29 is 26.3 Å². The summed E-state index contributed by atoms with van der Waals surface area (Å²) < 4.78 is 71.7. The SMILES string of the molecule is FC(F)(F)c1nc(Cl)ncc1Br.FC(F)(F)c1ncc(Br)cn1. The van der Waals surface area contributed by atoms with Gasteiger partial charge in [0.15, 0.2) is 5.69 Å². The van der Waals surface area contributed by atoms with E-state index in [9.17, 15) is 26.3 Å². The van der Waals surface area contributed by atoms with Gasteiger partial charge in [0.05, 0.1) is 8.95 Å². The van der Waals surface area contributed by atoms with Gasteiger partial charge >= 0.3 is 12.4 Å². The van der Waals surface area contributed by atoms with Crippen LogP contribution in [0, 0.1) is 0 Å². The first-order valence-electron chi connectivity index (χ1n) is 5.21. The molecule has 2 heterocycles. The Labute approximate surface area is 146 Å². The third kappa shape index (κ3) is 6.55. The normalized spacial score (nSPS) is 11.7. The summed E-state index contributed by atoms with van der Waals surface area (Å²) in [5.74, 6) is -1.12. The first-order chi connectivity index (χ1) is 10.4. The molecule has 0 aliphatic rings. The molecule has 2 rings (SSSR count). The van der Waals surface area contributed by atoms with Crippen LogP contribution in [0.1, 0.15) is 11.5 Å². The Balaban J connectivity index is 0.000000231. The smallest absolute Gasteiger partial charge is 0.232 e. The Hall–Kier alpha value is -1.01. The van der Waals surface area contributed by atoms with Crippen LogP contribution in [0.25, 0.3) is 0 Å². The van der Waals surface area contributed by atoms with Crippen molar-refractivity contribution in [3.63, 3.8) is 0 Å². The summed E-state index contributed by atoms with van der Waals surface area (Å²) in [5.41, 5.74) is -1.07. The molecule has 0 unspecified atom stereocenters. The summed E-state index contributed by atoms with van der Waals surface area (Å²) in [6, 6.07) is 0. The Morgan fingerprint density at radius 1 is 0.826 bits per heavy atom. The summed E-state index contributed by atoms with van der Waals surface area (Å²) in [5, 5.41) is -0.425. The van der Waals surface area contributed by atoms with Crippen molar-refractivity contribution in [3.8, 4) is 0 Å². The van der Waals surface area contributed by atoms with Gasteiger partial charge in [0.25, 0.3) is 0 Å². The molecule has 0 N–H and O–H groups in total. The van der Waals surface area contributed by atoms with Gasteiger partial charge in [-0.3, -0.25) is 0 Å². The Morgan fingerprint density at radius 2 is 1.35 bits per heavy atom. The quantitative estimate of drug-likeness (QED) is 0.379. The van der Waals surface area contributed by atoms with Gasteiger partial charge in [-0.1, -0.05) is 0 Å². The standard InChI is InChI=1S/C5HBrClF3N2.C5H2BrF3N2/c6-2-1-11-4(7)12-3(2)5(8,9)10;6-3-1-10-4(11-2-3)5(7,8)9/h1H;1-2H. The molecule has 0 saturated heterocycles. The molecule has 13 heteroatoms. The van der Waals surface area contributed by atoms with Crippen molar-refractivity contribution in [2.45, 2.75) is 12.4 Å². The molecule has 0 saturated carbocycles. The minimum Gasteiger partial charge on any atom is -0.232 e. The number of nitrogens with zero attached hydrogens (tertiary/aromatic N) is 4. The van der Waals surface area contributed by atoms with E-state index in [1.165, 1.54) is 0 Å². The van der Waals surface area contributed by atoms with Crippen molar-refractivity contribution in [1.82, 2.24) is 19.9 Å². The van der Waals surface area contributed by atoms with E-state index < -0.39 is 29.2 Å². The van der Waals surface area contributed by atoms with Crippen molar-refractivity contribution in [3.05, 3.63) is 44.3 Å². The zero-order chi connectivity index (χ0) is 17.8. The second kappa shape index (κ2) is 7.71. The molecule has 0 fully saturated rings. The number of rotatable bonds is 0. The highest BCUT2D eigenvalue weighted by Crippen LogP contribution is 2.33. The van der Waals surface area contributed by atoms with Gasteiger partial charge in [0.1, 0.15) is 0 Å². The Kier molecular flexibility index (Phi) is 6.71. The average Bonchev–Trinajstić information content (AvgIpc) is 2.40. The minimum atomic E-state index is -4.51. The Bertz CT molecular complexity index is 662. The van der Waals surface area contributed by atoms with E-state index in [2.05, 4.69) is 51.8 Å². The zero-order valence-electron chi connectivity index (χ0n) is 10.4. The van der Waals surface area contributed by atoms with E-state index in [0.29, 0.717) is 4.47 Å². The van der Waals surface area contributed by atoms with Gasteiger partial charge in [-0.2, -0.15) is 26.3 Å². The molecule has 23 heavy (non-hydrogen) atoms. The maximum atomic E-state index is 12.0. The van der Waals surface area contributed by atoms with Gasteiger partial charge in [0, 0.05) is 18.6 Å². The second-order valence-electron chi connectivity index (χ2n) is 3.56. The summed E-state index contributed by atoms with van der Waals surface area (Å²) in [6.07, 6.45) is -5.91. The third-order valence-corrected chi connectivity index (χ3v) is 3.03. The van der Waals surface area contributed by atoms with Gasteiger partial charge < -0.3 is 0 Å². The van der Waals surface area contributed by atoms with Gasteiger partial charge in [-0.25, -0.2) is 19.9 Å². The highest BCUT2D eigenvalue weighted by molar-refractivity contribution is 9.10. The van der Waals surface area contributed by atoms with Crippen molar-refractivity contribution in [1.29, 1.82) is 0 Å². The van der Waals surface area contributed by atoms with Crippen molar-refractivity contribution in [2.75, 3.05) is 0 Å². The molecule has 0 amide bonds. The summed E-state index contributed by atoms with van der Waals surface area (Å²) in [7, 11) is 0. The number of hydrogen-bond acceptors (Lipinski definition) is 4. The molecule has 0 bridgehead atoms. The van der Waals surface area contributed by atoms with Crippen LogP contribution in [-0.4, -0.2) is 19.9 Å². The molecule has 0 atom stereocenters. The predicted molar refractivity (Wildman–Crippen MR) is 74.5 cm³/mol. The molecule has 0 radical (unpaired) electrons. The molecule has 126 valence electrons. The van der Waals surface area contributed by atoms with Crippen LogP contribution in [0.5, 0.6) is 0 Å². The third-order valence-electron chi connectivity index (χ3n) is 1.86. The maximum absolute atomic E-state index is 12.0. The predicted octanol–water partition coefficient (Wildman–Crippen LogP) is 5.17. The molecule has 2 aromatic heterocycles. The van der Waals surface area contributed by atoms with Crippen LogP contribution in [0.2, 0.25) is 5.28 Å². The van der Waals surface area contributed by atoms with E-state index in [1.54, 1.807) is 0 Å². The second-order valence-corrected chi connectivity index (χ2v) is 5.66. The van der Waals surface area contributed by atoms with E-state index in [0.717, 1.165) is 18.6 Å². The van der Waals surface area contributed by atoms with Crippen molar-refractivity contribution >= 4 is 43.5 Å². The topological polar surface area (TPSA) is 51.6 Å². The van der Waals surface area contributed by atoms with Crippen LogP contribution in [0.4, 0.5) is 26.3 Å². The number of halogens is 9. The highest BCUT2D eigenvalue weighted by atomic mass is 79.9. The van der Waals surface area contributed by atoms with Gasteiger partial charge in [-0.15, -0.1) is 0 Å². The molecule has 0 aliphatic heterocycles. The monoisotopic (exact) mass is 486 g/mol. The first kappa shape index (κ1) is 20.0. The lowest BCUT2D eigenvalue weighted by molar-refractivity contribution is -0.145.